The summed E-state index contributed by atoms with van der Waals surface area (Å²) in [4.78, 5) is 24.9. The van der Waals surface area contributed by atoms with Crippen LogP contribution in [0, 0.1) is 6.92 Å². The highest BCUT2D eigenvalue weighted by Gasteiger charge is 2.22. The van der Waals surface area contributed by atoms with Crippen molar-refractivity contribution in [3.05, 3.63) is 52.9 Å². The van der Waals surface area contributed by atoms with Gasteiger partial charge in [0.05, 0.1) is 6.42 Å². The van der Waals surface area contributed by atoms with Gasteiger partial charge in [-0.05, 0) is 24.6 Å². The van der Waals surface area contributed by atoms with Crippen molar-refractivity contribution in [1.82, 2.24) is 14.9 Å². The number of carbonyl (C=O) groups is 1. The number of nitrogens with zero attached hydrogens (tertiary/aromatic N) is 4. The average molecular weight is 331 g/mol. The second kappa shape index (κ2) is 6.96. The maximum Gasteiger partial charge on any atom is 0.227 e. The molecule has 0 radical (unpaired) electrons. The fourth-order valence-electron chi connectivity index (χ4n) is 2.69. The van der Waals surface area contributed by atoms with E-state index in [0.717, 1.165) is 43.3 Å². The van der Waals surface area contributed by atoms with Crippen molar-refractivity contribution in [2.24, 2.45) is 0 Å². The van der Waals surface area contributed by atoms with Crippen LogP contribution in [0.2, 0.25) is 5.02 Å². The number of hydrogen-bond acceptors (Lipinski definition) is 4. The highest BCUT2D eigenvalue weighted by Crippen LogP contribution is 2.15. The predicted molar refractivity (Wildman–Crippen MR) is 90.7 cm³/mol. The van der Waals surface area contributed by atoms with Crippen molar-refractivity contribution in [2.45, 2.75) is 13.3 Å². The van der Waals surface area contributed by atoms with Gasteiger partial charge >= 0.3 is 0 Å². The third-order valence-electron chi connectivity index (χ3n) is 4.01. The Hall–Kier alpha value is -2.14. The fourth-order valence-corrected chi connectivity index (χ4v) is 2.81. The van der Waals surface area contributed by atoms with Crippen LogP contribution in [0.4, 0.5) is 5.82 Å². The number of rotatable bonds is 3. The van der Waals surface area contributed by atoms with Gasteiger partial charge in [0.25, 0.3) is 0 Å². The third-order valence-corrected chi connectivity index (χ3v) is 4.27. The van der Waals surface area contributed by atoms with E-state index in [4.69, 9.17) is 11.6 Å². The number of aryl methyl sites for hydroxylation is 1. The van der Waals surface area contributed by atoms with Crippen LogP contribution in [0.25, 0.3) is 0 Å². The van der Waals surface area contributed by atoms with Gasteiger partial charge in [0.2, 0.25) is 5.91 Å². The molecule has 23 heavy (non-hydrogen) atoms. The molecular formula is C17H19ClN4O. The minimum Gasteiger partial charge on any atom is -0.353 e. The van der Waals surface area contributed by atoms with Crippen molar-refractivity contribution in [3.63, 3.8) is 0 Å². The van der Waals surface area contributed by atoms with E-state index in [1.807, 2.05) is 42.2 Å². The van der Waals surface area contributed by atoms with E-state index in [1.165, 1.54) is 0 Å². The van der Waals surface area contributed by atoms with Gasteiger partial charge < -0.3 is 9.80 Å². The Labute approximate surface area is 140 Å². The van der Waals surface area contributed by atoms with Crippen LogP contribution < -0.4 is 4.90 Å². The molecule has 0 bridgehead atoms. The molecule has 0 unspecified atom stereocenters. The first kappa shape index (κ1) is 15.7. The smallest absolute Gasteiger partial charge is 0.227 e. The zero-order valence-corrected chi connectivity index (χ0v) is 13.8. The summed E-state index contributed by atoms with van der Waals surface area (Å²) in [5.74, 6) is 1.09. The highest BCUT2D eigenvalue weighted by molar-refractivity contribution is 6.30. The summed E-state index contributed by atoms with van der Waals surface area (Å²) in [6, 6.07) is 9.42. The predicted octanol–water partition coefficient (Wildman–Crippen LogP) is 2.33. The Balaban J connectivity index is 1.56. The lowest BCUT2D eigenvalue weighted by Gasteiger charge is -2.35. The van der Waals surface area contributed by atoms with Crippen molar-refractivity contribution < 1.29 is 4.79 Å². The molecule has 0 spiro atoms. The van der Waals surface area contributed by atoms with E-state index in [-0.39, 0.29) is 5.91 Å². The molecular weight excluding hydrogens is 312 g/mol. The van der Waals surface area contributed by atoms with Crippen LogP contribution in [0.15, 0.2) is 36.7 Å². The van der Waals surface area contributed by atoms with E-state index in [0.29, 0.717) is 11.4 Å². The van der Waals surface area contributed by atoms with Crippen LogP contribution in [0.1, 0.15) is 11.3 Å². The highest BCUT2D eigenvalue weighted by atomic mass is 35.5. The van der Waals surface area contributed by atoms with Crippen LogP contribution in [-0.2, 0) is 11.2 Å². The summed E-state index contributed by atoms with van der Waals surface area (Å²) in [6.45, 7) is 4.98. The molecule has 1 amide bonds. The largest absolute Gasteiger partial charge is 0.353 e. The van der Waals surface area contributed by atoms with Gasteiger partial charge in [-0.25, -0.2) is 9.97 Å². The molecule has 6 heteroatoms. The molecule has 1 aromatic heterocycles. The maximum absolute atomic E-state index is 12.4. The van der Waals surface area contributed by atoms with Crippen molar-refractivity contribution in [1.29, 1.82) is 0 Å². The number of anilines is 1. The van der Waals surface area contributed by atoms with Crippen molar-refractivity contribution in [2.75, 3.05) is 31.1 Å². The summed E-state index contributed by atoms with van der Waals surface area (Å²) in [7, 11) is 0. The van der Waals surface area contributed by atoms with Gasteiger partial charge in [-0.1, -0.05) is 23.7 Å². The first-order valence-electron chi connectivity index (χ1n) is 7.67. The molecule has 1 aromatic carbocycles. The third kappa shape index (κ3) is 3.99. The van der Waals surface area contributed by atoms with Gasteiger partial charge in [0.15, 0.2) is 0 Å². The van der Waals surface area contributed by atoms with Crippen LogP contribution in [0.5, 0.6) is 0 Å². The number of piperazine rings is 1. The number of aromatic nitrogens is 2. The Kier molecular flexibility index (Phi) is 4.76. The van der Waals surface area contributed by atoms with Gasteiger partial charge in [-0.15, -0.1) is 0 Å². The van der Waals surface area contributed by atoms with Gasteiger partial charge in [-0.2, -0.15) is 0 Å². The molecule has 1 aliphatic heterocycles. The first-order chi connectivity index (χ1) is 11.1. The number of halogens is 1. The van der Waals surface area contributed by atoms with Crippen LogP contribution >= 0.6 is 11.6 Å². The van der Waals surface area contributed by atoms with Gasteiger partial charge in [0, 0.05) is 43.0 Å². The first-order valence-corrected chi connectivity index (χ1v) is 8.05. The molecule has 1 saturated heterocycles. The minimum absolute atomic E-state index is 0.158. The van der Waals surface area contributed by atoms with E-state index in [1.54, 1.807) is 6.33 Å². The van der Waals surface area contributed by atoms with Gasteiger partial charge in [-0.3, -0.25) is 4.79 Å². The Morgan fingerprint density at radius 1 is 1.13 bits per heavy atom. The lowest BCUT2D eigenvalue weighted by molar-refractivity contribution is -0.130. The molecule has 1 aliphatic rings. The van der Waals surface area contributed by atoms with E-state index < -0.39 is 0 Å². The molecule has 5 nitrogen and oxygen atoms in total. The van der Waals surface area contributed by atoms with Crippen molar-refractivity contribution >= 4 is 23.3 Å². The molecule has 2 aromatic rings. The Morgan fingerprint density at radius 2 is 1.83 bits per heavy atom. The van der Waals surface area contributed by atoms with E-state index in [2.05, 4.69) is 14.9 Å². The quantitative estimate of drug-likeness (QED) is 0.866. The van der Waals surface area contributed by atoms with Crippen LogP contribution in [-0.4, -0.2) is 47.0 Å². The second-order valence-electron chi connectivity index (χ2n) is 5.69. The lowest BCUT2D eigenvalue weighted by Crippen LogP contribution is -2.49. The molecule has 0 aliphatic carbocycles. The van der Waals surface area contributed by atoms with E-state index in [9.17, 15) is 4.79 Å². The number of carbonyl (C=O) groups excluding carboxylic acids is 1. The topological polar surface area (TPSA) is 49.3 Å². The molecule has 0 atom stereocenters. The van der Waals surface area contributed by atoms with Crippen molar-refractivity contribution in [3.8, 4) is 0 Å². The van der Waals surface area contributed by atoms with Crippen LogP contribution in [0.3, 0.4) is 0 Å². The Morgan fingerprint density at radius 3 is 2.48 bits per heavy atom. The normalized spacial score (nSPS) is 14.9. The monoisotopic (exact) mass is 330 g/mol. The second-order valence-corrected chi connectivity index (χ2v) is 6.13. The summed E-state index contributed by atoms with van der Waals surface area (Å²) >= 11 is 5.87. The molecule has 0 N–H and O–H groups in total. The zero-order valence-electron chi connectivity index (χ0n) is 13.1. The Bertz CT molecular complexity index is 681. The van der Waals surface area contributed by atoms with Gasteiger partial charge in [0.1, 0.15) is 12.1 Å². The summed E-state index contributed by atoms with van der Waals surface area (Å²) in [6.07, 6.45) is 2.01. The molecule has 2 heterocycles. The number of benzene rings is 1. The molecule has 3 rings (SSSR count). The minimum atomic E-state index is 0.158. The fraction of sp³-hybridized carbons (Fsp3) is 0.353. The lowest BCUT2D eigenvalue weighted by atomic mass is 10.1. The number of amides is 1. The average Bonchev–Trinajstić information content (AvgIpc) is 2.57. The summed E-state index contributed by atoms with van der Waals surface area (Å²) < 4.78 is 0. The maximum atomic E-state index is 12.4. The van der Waals surface area contributed by atoms with E-state index >= 15 is 0 Å². The SMILES string of the molecule is Cc1cc(N2CCN(C(=O)Cc3ccc(Cl)cc3)CC2)ncn1. The summed E-state index contributed by atoms with van der Waals surface area (Å²) in [5, 5.41) is 0.690. The standard InChI is InChI=1S/C17H19ClN4O/c1-13-10-16(20-12-19-13)21-6-8-22(9-7-21)17(23)11-14-2-4-15(18)5-3-14/h2-5,10,12H,6-9,11H2,1H3. The zero-order chi connectivity index (χ0) is 16.2. The molecule has 0 saturated carbocycles. The number of hydrogen-bond donors (Lipinski definition) is 0. The molecule has 120 valence electrons. The molecule has 1 fully saturated rings. The summed E-state index contributed by atoms with van der Waals surface area (Å²) in [5.41, 5.74) is 1.95.